The summed E-state index contributed by atoms with van der Waals surface area (Å²) < 4.78 is 25.7. The predicted octanol–water partition coefficient (Wildman–Crippen LogP) is 9.42. The molecule has 0 bridgehead atoms. The van der Waals surface area contributed by atoms with Gasteiger partial charge in [0.2, 0.25) is 0 Å². The molecule has 0 unspecified atom stereocenters. The third-order valence-corrected chi connectivity index (χ3v) is 6.36. The lowest BCUT2D eigenvalue weighted by atomic mass is 10.0. The Labute approximate surface area is 212 Å². The zero-order valence-corrected chi connectivity index (χ0v) is 22.0. The van der Waals surface area contributed by atoms with Crippen molar-refractivity contribution >= 4 is 5.97 Å². The maximum atomic E-state index is 14.6. The first-order valence-corrected chi connectivity index (χ1v) is 13.8. The first-order chi connectivity index (χ1) is 17.1. The summed E-state index contributed by atoms with van der Waals surface area (Å²) >= 11 is 0. The van der Waals surface area contributed by atoms with E-state index in [0.29, 0.717) is 30.9 Å². The van der Waals surface area contributed by atoms with E-state index in [9.17, 15) is 9.18 Å². The molecule has 0 spiro atoms. The molecule has 0 aliphatic carbocycles. The number of ether oxygens (including phenoxy) is 2. The fourth-order valence-corrected chi connectivity index (χ4v) is 4.13. The van der Waals surface area contributed by atoms with Crippen LogP contribution >= 0.6 is 0 Å². The molecule has 0 aromatic heterocycles. The summed E-state index contributed by atoms with van der Waals surface area (Å²) in [6.45, 7) is 5.40. The lowest BCUT2D eigenvalue weighted by Gasteiger charge is -2.09. The maximum Gasteiger partial charge on any atom is 0.311 e. The number of halogens is 1. The van der Waals surface area contributed by atoms with Gasteiger partial charge in [-0.2, -0.15) is 0 Å². The van der Waals surface area contributed by atoms with Crippen LogP contribution in [0.3, 0.4) is 0 Å². The van der Waals surface area contributed by atoms with Gasteiger partial charge in [0, 0.05) is 18.6 Å². The van der Waals surface area contributed by atoms with Crippen LogP contribution in [0.25, 0.3) is 11.1 Å². The van der Waals surface area contributed by atoms with Gasteiger partial charge in [-0.05, 0) is 42.2 Å². The van der Waals surface area contributed by atoms with Gasteiger partial charge in [-0.3, -0.25) is 4.79 Å². The molecule has 0 atom stereocenters. The van der Waals surface area contributed by atoms with Gasteiger partial charge in [0.25, 0.3) is 0 Å². The molecule has 0 aliphatic rings. The highest BCUT2D eigenvalue weighted by molar-refractivity contribution is 5.73. The number of rotatable bonds is 19. The molecule has 0 aliphatic heterocycles. The van der Waals surface area contributed by atoms with E-state index in [4.69, 9.17) is 9.47 Å². The molecule has 35 heavy (non-hydrogen) atoms. The van der Waals surface area contributed by atoms with Crippen LogP contribution in [-0.4, -0.2) is 12.6 Å². The minimum atomic E-state index is -0.254. The summed E-state index contributed by atoms with van der Waals surface area (Å²) in [7, 11) is 0. The smallest absolute Gasteiger partial charge is 0.311 e. The maximum absolute atomic E-state index is 14.6. The Morgan fingerprint density at radius 2 is 1.29 bits per heavy atom. The van der Waals surface area contributed by atoms with Crippen molar-refractivity contribution in [3.05, 3.63) is 53.8 Å². The van der Waals surface area contributed by atoms with Crippen LogP contribution in [0.15, 0.2) is 42.5 Å². The minimum absolute atomic E-state index is 0.192. The Morgan fingerprint density at radius 1 is 0.714 bits per heavy atom. The molecule has 4 heteroatoms. The molecule has 0 fully saturated rings. The van der Waals surface area contributed by atoms with Gasteiger partial charge in [-0.1, -0.05) is 109 Å². The average Bonchev–Trinajstić information content (AvgIpc) is 2.86. The van der Waals surface area contributed by atoms with Crippen molar-refractivity contribution < 1.29 is 18.7 Å². The predicted molar refractivity (Wildman–Crippen MR) is 143 cm³/mol. The molecule has 194 valence electrons. The Kier molecular flexibility index (Phi) is 15.0. The number of benzene rings is 2. The van der Waals surface area contributed by atoms with Gasteiger partial charge in [0.1, 0.15) is 11.6 Å². The molecule has 2 rings (SSSR count). The van der Waals surface area contributed by atoms with E-state index < -0.39 is 0 Å². The van der Waals surface area contributed by atoms with Crippen LogP contribution in [-0.2, 0) is 16.1 Å². The van der Waals surface area contributed by atoms with Crippen molar-refractivity contribution in [2.45, 2.75) is 110 Å². The first-order valence-electron chi connectivity index (χ1n) is 13.8. The molecule has 0 saturated carbocycles. The lowest BCUT2D eigenvalue weighted by molar-refractivity contribution is -0.134. The number of esters is 1. The van der Waals surface area contributed by atoms with E-state index >= 15 is 0 Å². The van der Waals surface area contributed by atoms with Crippen LogP contribution in [0.5, 0.6) is 5.75 Å². The number of carbonyl (C=O) groups is 1. The summed E-state index contributed by atoms with van der Waals surface area (Å²) in [5.41, 5.74) is 2.26. The third kappa shape index (κ3) is 12.4. The third-order valence-electron chi connectivity index (χ3n) is 6.36. The second kappa shape index (κ2) is 18.1. The van der Waals surface area contributed by atoms with Crippen molar-refractivity contribution in [2.75, 3.05) is 6.61 Å². The minimum Gasteiger partial charge on any atom is -0.427 e. The summed E-state index contributed by atoms with van der Waals surface area (Å²) in [5.74, 6) is 0.0835. The van der Waals surface area contributed by atoms with E-state index in [-0.39, 0.29) is 11.8 Å². The van der Waals surface area contributed by atoms with Gasteiger partial charge in [0.15, 0.2) is 0 Å². The lowest BCUT2D eigenvalue weighted by Crippen LogP contribution is -2.07. The Bertz CT molecular complexity index is 832. The SMILES string of the molecule is CCCCCCCCCC(=O)Oc1ccc(-c2ccc(COCCCCCCCC)c(F)c2)cc1. The normalized spacial score (nSPS) is 11.1. The largest absolute Gasteiger partial charge is 0.427 e. The molecular weight excluding hydrogens is 439 g/mol. The van der Waals surface area contributed by atoms with Crippen LogP contribution in [0.4, 0.5) is 4.39 Å². The van der Waals surface area contributed by atoms with Crippen LogP contribution in [0.1, 0.15) is 109 Å². The van der Waals surface area contributed by atoms with Gasteiger partial charge in [-0.15, -0.1) is 0 Å². The zero-order chi connectivity index (χ0) is 25.1. The first kappa shape index (κ1) is 29.0. The van der Waals surface area contributed by atoms with Crippen molar-refractivity contribution in [1.29, 1.82) is 0 Å². The van der Waals surface area contributed by atoms with Crippen LogP contribution in [0, 0.1) is 5.82 Å². The number of hydrogen-bond donors (Lipinski definition) is 0. The molecule has 0 N–H and O–H groups in total. The van der Waals surface area contributed by atoms with E-state index in [1.165, 1.54) is 64.2 Å². The summed E-state index contributed by atoms with van der Waals surface area (Å²) in [4.78, 5) is 12.1. The topological polar surface area (TPSA) is 35.5 Å². The van der Waals surface area contributed by atoms with Gasteiger partial charge >= 0.3 is 5.97 Å². The molecule has 3 nitrogen and oxygen atoms in total. The Morgan fingerprint density at radius 3 is 1.91 bits per heavy atom. The van der Waals surface area contributed by atoms with Crippen LogP contribution < -0.4 is 4.74 Å². The highest BCUT2D eigenvalue weighted by Gasteiger charge is 2.08. The van der Waals surface area contributed by atoms with Gasteiger partial charge in [0.05, 0.1) is 6.61 Å². The molecule has 0 saturated heterocycles. The quantitative estimate of drug-likeness (QED) is 0.113. The second-order valence-corrected chi connectivity index (χ2v) is 9.50. The average molecular weight is 485 g/mol. The number of carbonyl (C=O) groups excluding carboxylic acids is 1. The molecular formula is C31H45FO3. The Balaban J connectivity index is 1.71. The second-order valence-electron chi connectivity index (χ2n) is 9.50. The van der Waals surface area contributed by atoms with E-state index in [1.54, 1.807) is 24.3 Å². The molecule has 2 aromatic rings. The highest BCUT2D eigenvalue weighted by atomic mass is 19.1. The fraction of sp³-hybridized carbons (Fsp3) is 0.581. The highest BCUT2D eigenvalue weighted by Crippen LogP contribution is 2.25. The molecule has 0 amide bonds. The molecule has 2 aromatic carbocycles. The van der Waals surface area contributed by atoms with Gasteiger partial charge in [-0.25, -0.2) is 4.39 Å². The Hall–Kier alpha value is -2.20. The molecule has 0 heterocycles. The van der Waals surface area contributed by atoms with Crippen molar-refractivity contribution in [2.24, 2.45) is 0 Å². The van der Waals surface area contributed by atoms with Crippen molar-refractivity contribution in [3.8, 4) is 16.9 Å². The molecule has 0 radical (unpaired) electrons. The summed E-state index contributed by atoms with van der Waals surface area (Å²) in [5, 5.41) is 0. The van der Waals surface area contributed by atoms with Gasteiger partial charge < -0.3 is 9.47 Å². The fourth-order valence-electron chi connectivity index (χ4n) is 4.13. The van der Waals surface area contributed by atoms with E-state index in [1.807, 2.05) is 18.2 Å². The number of hydrogen-bond acceptors (Lipinski definition) is 3. The van der Waals surface area contributed by atoms with Crippen molar-refractivity contribution in [3.63, 3.8) is 0 Å². The van der Waals surface area contributed by atoms with E-state index in [2.05, 4.69) is 13.8 Å². The van der Waals surface area contributed by atoms with Crippen LogP contribution in [0.2, 0.25) is 0 Å². The number of unbranched alkanes of at least 4 members (excludes halogenated alkanes) is 11. The monoisotopic (exact) mass is 484 g/mol. The van der Waals surface area contributed by atoms with E-state index in [0.717, 1.165) is 30.4 Å². The summed E-state index contributed by atoms with van der Waals surface area (Å²) in [6, 6.07) is 12.5. The van der Waals surface area contributed by atoms with Crippen molar-refractivity contribution in [1.82, 2.24) is 0 Å². The zero-order valence-electron chi connectivity index (χ0n) is 22.0. The standard InChI is InChI=1S/C31H45FO3/c1-3-5-7-9-11-12-14-16-31(33)35-29-21-19-26(20-22-29)27-17-18-28(30(32)24-27)25-34-23-15-13-10-8-6-4-2/h17-22,24H,3-16,23,25H2,1-2H3. The summed E-state index contributed by atoms with van der Waals surface area (Å²) in [6.07, 6.45) is 15.9.